The lowest BCUT2D eigenvalue weighted by Gasteiger charge is -2.37. The van der Waals surface area contributed by atoms with Crippen LogP contribution in [0.1, 0.15) is 34.6 Å². The number of halogens is 1. The summed E-state index contributed by atoms with van der Waals surface area (Å²) in [4.78, 5) is 27.4. The standard InChI is InChI=1S/C21H21FN8O2/c1-10(28-20-14(6-23)19(25)26-9-27-20)17-18(32-2)16(21(31)30-7-12(24)8-30)13-5-11(22)3-4-15(13)29-17/h3-5,9-10,12H,7-8,24H2,1-2H3,(H3,25,26,27,28). The number of ether oxygens (including phenoxy) is 1. The summed E-state index contributed by atoms with van der Waals surface area (Å²) >= 11 is 0. The molecule has 0 bridgehead atoms. The number of nitrogen functional groups attached to an aromatic ring is 1. The van der Waals surface area contributed by atoms with Gasteiger partial charge in [-0.2, -0.15) is 5.26 Å². The first-order valence-corrected chi connectivity index (χ1v) is 9.83. The molecule has 1 amide bonds. The molecule has 3 aromatic rings. The van der Waals surface area contributed by atoms with Crippen LogP contribution in [0.25, 0.3) is 10.9 Å². The molecule has 2 aromatic heterocycles. The van der Waals surface area contributed by atoms with E-state index in [9.17, 15) is 14.4 Å². The highest BCUT2D eigenvalue weighted by Gasteiger charge is 2.33. The Balaban J connectivity index is 1.85. The van der Waals surface area contributed by atoms with Crippen LogP contribution in [0.3, 0.4) is 0 Å². The highest BCUT2D eigenvalue weighted by molar-refractivity contribution is 6.09. The van der Waals surface area contributed by atoms with Crippen LogP contribution in [0, 0.1) is 17.1 Å². The van der Waals surface area contributed by atoms with Gasteiger partial charge in [-0.25, -0.2) is 19.3 Å². The molecule has 1 saturated heterocycles. The van der Waals surface area contributed by atoms with Gasteiger partial charge in [-0.05, 0) is 25.1 Å². The minimum Gasteiger partial charge on any atom is -0.494 e. The molecule has 4 rings (SSSR count). The molecule has 32 heavy (non-hydrogen) atoms. The van der Waals surface area contributed by atoms with Crippen LogP contribution in [0.15, 0.2) is 24.5 Å². The van der Waals surface area contributed by atoms with Crippen molar-refractivity contribution in [3.05, 3.63) is 47.2 Å². The van der Waals surface area contributed by atoms with Crippen molar-refractivity contribution < 1.29 is 13.9 Å². The van der Waals surface area contributed by atoms with Crippen molar-refractivity contribution in [3.8, 4) is 11.8 Å². The second-order valence-electron chi connectivity index (χ2n) is 7.50. The lowest BCUT2D eigenvalue weighted by molar-refractivity contribution is 0.0606. The van der Waals surface area contributed by atoms with Gasteiger partial charge < -0.3 is 26.4 Å². The second kappa shape index (κ2) is 8.24. The summed E-state index contributed by atoms with van der Waals surface area (Å²) in [6.07, 6.45) is 1.24. The molecule has 0 radical (unpaired) electrons. The van der Waals surface area contributed by atoms with E-state index in [1.54, 1.807) is 11.8 Å². The molecule has 0 saturated carbocycles. The minimum absolute atomic E-state index is 0.0381. The number of aromatic nitrogens is 3. The number of hydrogen-bond acceptors (Lipinski definition) is 9. The van der Waals surface area contributed by atoms with Crippen molar-refractivity contribution in [2.45, 2.75) is 19.0 Å². The zero-order valence-corrected chi connectivity index (χ0v) is 17.5. The number of benzene rings is 1. The number of anilines is 2. The van der Waals surface area contributed by atoms with Crippen LogP contribution in [-0.4, -0.2) is 52.0 Å². The number of carbonyl (C=O) groups is 1. The van der Waals surface area contributed by atoms with E-state index in [1.165, 1.54) is 31.6 Å². The van der Waals surface area contributed by atoms with Crippen molar-refractivity contribution in [3.63, 3.8) is 0 Å². The molecule has 1 aliphatic heterocycles. The third-order valence-corrected chi connectivity index (χ3v) is 5.30. The number of pyridine rings is 1. The monoisotopic (exact) mass is 436 g/mol. The van der Waals surface area contributed by atoms with E-state index in [0.29, 0.717) is 29.7 Å². The fourth-order valence-corrected chi connectivity index (χ4v) is 3.68. The smallest absolute Gasteiger partial charge is 0.258 e. The maximum absolute atomic E-state index is 14.1. The number of nitriles is 1. The van der Waals surface area contributed by atoms with Gasteiger partial charge in [0.1, 0.15) is 41.1 Å². The minimum atomic E-state index is -0.550. The predicted molar refractivity (Wildman–Crippen MR) is 115 cm³/mol. The Kier molecular flexibility index (Phi) is 5.46. The molecule has 164 valence electrons. The maximum Gasteiger partial charge on any atom is 0.258 e. The highest BCUT2D eigenvalue weighted by atomic mass is 19.1. The number of amides is 1. The number of likely N-dealkylation sites (tertiary alicyclic amines) is 1. The number of fused-ring (bicyclic) bond motifs is 1. The van der Waals surface area contributed by atoms with Crippen LogP contribution < -0.4 is 21.5 Å². The lowest BCUT2D eigenvalue weighted by atomic mass is 9.99. The van der Waals surface area contributed by atoms with E-state index in [4.69, 9.17) is 16.2 Å². The van der Waals surface area contributed by atoms with Gasteiger partial charge in [0.15, 0.2) is 5.75 Å². The van der Waals surface area contributed by atoms with Crippen molar-refractivity contribution in [2.75, 3.05) is 31.2 Å². The maximum atomic E-state index is 14.1. The van der Waals surface area contributed by atoms with Gasteiger partial charge in [0.05, 0.1) is 24.2 Å². The third kappa shape index (κ3) is 3.61. The first kappa shape index (κ1) is 21.2. The Labute approximate surface area is 183 Å². The number of nitrogens with zero attached hydrogens (tertiary/aromatic N) is 5. The van der Waals surface area contributed by atoms with E-state index >= 15 is 0 Å². The molecule has 11 heteroatoms. The fraction of sp³-hybridized carbons (Fsp3) is 0.286. The molecule has 0 aliphatic carbocycles. The SMILES string of the molecule is COc1c(C(C)Nc2ncnc(N)c2C#N)nc2ccc(F)cc2c1C(=O)N1CC(N)C1. The van der Waals surface area contributed by atoms with Gasteiger partial charge in [-0.15, -0.1) is 0 Å². The summed E-state index contributed by atoms with van der Waals surface area (Å²) in [5.74, 6) is -0.355. The van der Waals surface area contributed by atoms with Crippen molar-refractivity contribution in [2.24, 2.45) is 5.73 Å². The fourth-order valence-electron chi connectivity index (χ4n) is 3.68. The molecule has 1 aromatic carbocycles. The topological polar surface area (TPSA) is 156 Å². The lowest BCUT2D eigenvalue weighted by Crippen LogP contribution is -2.57. The Bertz CT molecular complexity index is 1250. The van der Waals surface area contributed by atoms with Crippen LogP contribution in [0.2, 0.25) is 0 Å². The first-order chi connectivity index (χ1) is 15.3. The number of rotatable bonds is 5. The summed E-state index contributed by atoms with van der Waals surface area (Å²) in [6.45, 7) is 2.57. The molecule has 5 N–H and O–H groups in total. The van der Waals surface area contributed by atoms with E-state index in [1.807, 2.05) is 6.07 Å². The Morgan fingerprint density at radius 1 is 1.41 bits per heavy atom. The number of hydrogen-bond donors (Lipinski definition) is 3. The van der Waals surface area contributed by atoms with E-state index in [2.05, 4.69) is 20.3 Å². The van der Waals surface area contributed by atoms with Crippen molar-refractivity contribution in [1.82, 2.24) is 19.9 Å². The first-order valence-electron chi connectivity index (χ1n) is 9.83. The summed E-state index contributed by atoms with van der Waals surface area (Å²) in [5.41, 5.74) is 12.7. The van der Waals surface area contributed by atoms with E-state index in [0.717, 1.165) is 0 Å². The van der Waals surface area contributed by atoms with Crippen LogP contribution in [-0.2, 0) is 0 Å². The molecular weight excluding hydrogens is 415 g/mol. The van der Waals surface area contributed by atoms with Gasteiger partial charge >= 0.3 is 0 Å². The number of nitrogens with one attached hydrogen (secondary N) is 1. The third-order valence-electron chi connectivity index (χ3n) is 5.30. The van der Waals surface area contributed by atoms with Crippen molar-refractivity contribution >= 4 is 28.4 Å². The molecule has 1 aliphatic rings. The molecular formula is C21H21FN8O2. The summed E-state index contributed by atoms with van der Waals surface area (Å²) in [6, 6.07) is 5.36. The number of nitrogens with two attached hydrogens (primary N) is 2. The van der Waals surface area contributed by atoms with Gasteiger partial charge in [0, 0.05) is 24.5 Å². The quantitative estimate of drug-likeness (QED) is 0.540. The molecule has 1 unspecified atom stereocenters. The summed E-state index contributed by atoms with van der Waals surface area (Å²) in [7, 11) is 1.42. The second-order valence-corrected chi connectivity index (χ2v) is 7.50. The van der Waals surface area contributed by atoms with Crippen LogP contribution in [0.4, 0.5) is 16.0 Å². The molecule has 1 fully saturated rings. The van der Waals surface area contributed by atoms with Gasteiger partial charge in [-0.3, -0.25) is 4.79 Å². The molecule has 10 nitrogen and oxygen atoms in total. The molecule has 1 atom stereocenters. The number of methoxy groups -OCH3 is 1. The highest BCUT2D eigenvalue weighted by Crippen LogP contribution is 2.36. The average Bonchev–Trinajstić information content (AvgIpc) is 2.75. The summed E-state index contributed by atoms with van der Waals surface area (Å²) in [5, 5.41) is 12.8. The zero-order valence-electron chi connectivity index (χ0n) is 17.5. The Hall–Kier alpha value is -4.04. The summed E-state index contributed by atoms with van der Waals surface area (Å²) < 4.78 is 19.7. The largest absolute Gasteiger partial charge is 0.494 e. The molecule has 3 heterocycles. The van der Waals surface area contributed by atoms with E-state index in [-0.39, 0.29) is 40.5 Å². The Morgan fingerprint density at radius 3 is 2.81 bits per heavy atom. The van der Waals surface area contributed by atoms with Crippen LogP contribution in [0.5, 0.6) is 5.75 Å². The van der Waals surface area contributed by atoms with Gasteiger partial charge in [-0.1, -0.05) is 0 Å². The zero-order chi connectivity index (χ0) is 23.0. The normalized spacial score (nSPS) is 14.5. The van der Waals surface area contributed by atoms with Gasteiger partial charge in [0.2, 0.25) is 0 Å². The Morgan fingerprint density at radius 2 is 2.16 bits per heavy atom. The molecule has 0 spiro atoms. The van der Waals surface area contributed by atoms with Gasteiger partial charge in [0.25, 0.3) is 5.91 Å². The van der Waals surface area contributed by atoms with Crippen LogP contribution >= 0.6 is 0 Å². The average molecular weight is 436 g/mol. The van der Waals surface area contributed by atoms with Crippen molar-refractivity contribution in [1.29, 1.82) is 5.26 Å². The predicted octanol–water partition coefficient (Wildman–Crippen LogP) is 1.58. The van der Waals surface area contributed by atoms with E-state index < -0.39 is 11.9 Å². The number of carbonyl (C=O) groups excluding carboxylic acids is 1.